The molecule has 2 aromatic rings. The molecule has 1 unspecified atom stereocenters. The number of methoxy groups -OCH3 is 1. The van der Waals surface area contributed by atoms with Gasteiger partial charge in [-0.25, -0.2) is 4.68 Å². The molecule has 0 fully saturated rings. The molecule has 1 aliphatic carbocycles. The van der Waals surface area contributed by atoms with Gasteiger partial charge in [0.1, 0.15) is 11.8 Å². The van der Waals surface area contributed by atoms with Crippen molar-refractivity contribution in [3.63, 3.8) is 0 Å². The fourth-order valence-electron chi connectivity index (χ4n) is 2.82. The molecule has 1 N–H and O–H groups in total. The standard InChI is InChI=1S/C17H18ClN3O3/c1-10(21-16(22)8-11-4-3-5-13(11)20-21)17(23)19-14-9-12(18)6-7-15(14)24-2/h6-10H,3-5H2,1-2H3,(H,19,23). The van der Waals surface area contributed by atoms with E-state index in [1.807, 2.05) is 0 Å². The Kier molecular flexibility index (Phi) is 4.57. The van der Waals surface area contributed by atoms with E-state index in [0.29, 0.717) is 16.5 Å². The zero-order valence-electron chi connectivity index (χ0n) is 13.5. The number of amides is 1. The molecule has 24 heavy (non-hydrogen) atoms. The first-order valence-electron chi connectivity index (χ1n) is 7.75. The number of nitrogens with zero attached hydrogens (tertiary/aromatic N) is 2. The highest BCUT2D eigenvalue weighted by atomic mass is 35.5. The van der Waals surface area contributed by atoms with E-state index in [1.54, 1.807) is 31.2 Å². The largest absolute Gasteiger partial charge is 0.495 e. The molecule has 0 saturated carbocycles. The Morgan fingerprint density at radius 1 is 1.38 bits per heavy atom. The normalized spacial score (nSPS) is 14.1. The Bertz CT molecular complexity index is 847. The summed E-state index contributed by atoms with van der Waals surface area (Å²) in [7, 11) is 1.51. The van der Waals surface area contributed by atoms with Crippen LogP contribution in [0.4, 0.5) is 5.69 Å². The molecular weight excluding hydrogens is 330 g/mol. The molecule has 6 nitrogen and oxygen atoms in total. The first-order valence-corrected chi connectivity index (χ1v) is 8.13. The predicted octanol–water partition coefficient (Wildman–Crippen LogP) is 2.59. The van der Waals surface area contributed by atoms with E-state index < -0.39 is 6.04 Å². The second kappa shape index (κ2) is 6.65. The zero-order valence-corrected chi connectivity index (χ0v) is 14.3. The predicted molar refractivity (Wildman–Crippen MR) is 91.9 cm³/mol. The highest BCUT2D eigenvalue weighted by molar-refractivity contribution is 6.31. The lowest BCUT2D eigenvalue weighted by molar-refractivity contribution is -0.119. The van der Waals surface area contributed by atoms with Gasteiger partial charge in [0.15, 0.2) is 0 Å². The van der Waals surface area contributed by atoms with Gasteiger partial charge >= 0.3 is 0 Å². The summed E-state index contributed by atoms with van der Waals surface area (Å²) in [5.74, 6) is 0.136. The number of hydrogen-bond acceptors (Lipinski definition) is 4. The lowest BCUT2D eigenvalue weighted by atomic mass is 10.2. The monoisotopic (exact) mass is 347 g/mol. The number of rotatable bonds is 4. The molecule has 1 heterocycles. The number of aromatic nitrogens is 2. The highest BCUT2D eigenvalue weighted by Gasteiger charge is 2.22. The fourth-order valence-corrected chi connectivity index (χ4v) is 2.99. The second-order valence-corrected chi connectivity index (χ2v) is 6.20. The SMILES string of the molecule is COc1ccc(Cl)cc1NC(=O)C(C)n1nc2c(cc1=O)CCC2. The first kappa shape index (κ1) is 16.5. The van der Waals surface area contributed by atoms with Crippen molar-refractivity contribution < 1.29 is 9.53 Å². The number of hydrogen-bond donors (Lipinski definition) is 1. The smallest absolute Gasteiger partial charge is 0.267 e. The molecule has 0 bridgehead atoms. The molecule has 1 aromatic carbocycles. The molecule has 126 valence electrons. The quantitative estimate of drug-likeness (QED) is 0.922. The Balaban J connectivity index is 1.86. The van der Waals surface area contributed by atoms with Crippen LogP contribution in [0.2, 0.25) is 5.02 Å². The van der Waals surface area contributed by atoms with Gasteiger partial charge in [0, 0.05) is 11.1 Å². The van der Waals surface area contributed by atoms with Gasteiger partial charge in [-0.3, -0.25) is 9.59 Å². The van der Waals surface area contributed by atoms with Crippen LogP contribution in [0.3, 0.4) is 0 Å². The second-order valence-electron chi connectivity index (χ2n) is 5.76. The number of fused-ring (bicyclic) bond motifs is 1. The molecule has 7 heteroatoms. The van der Waals surface area contributed by atoms with Crippen molar-refractivity contribution >= 4 is 23.2 Å². The zero-order chi connectivity index (χ0) is 17.3. The molecule has 0 aliphatic heterocycles. The Morgan fingerprint density at radius 3 is 2.92 bits per heavy atom. The van der Waals surface area contributed by atoms with Gasteiger partial charge in [-0.15, -0.1) is 0 Å². The van der Waals surface area contributed by atoms with E-state index in [1.165, 1.54) is 11.8 Å². The van der Waals surface area contributed by atoms with Gasteiger partial charge in [0.2, 0.25) is 5.91 Å². The summed E-state index contributed by atoms with van der Waals surface area (Å²) in [4.78, 5) is 24.8. The van der Waals surface area contributed by atoms with Crippen LogP contribution < -0.4 is 15.6 Å². The van der Waals surface area contributed by atoms with Crippen molar-refractivity contribution in [2.45, 2.75) is 32.2 Å². The van der Waals surface area contributed by atoms with Crippen molar-refractivity contribution in [3.8, 4) is 5.75 Å². The van der Waals surface area contributed by atoms with Crippen molar-refractivity contribution in [1.82, 2.24) is 9.78 Å². The van der Waals surface area contributed by atoms with Crippen molar-refractivity contribution in [1.29, 1.82) is 0 Å². The minimum atomic E-state index is -0.743. The number of halogens is 1. The van der Waals surface area contributed by atoms with Gasteiger partial charge < -0.3 is 10.1 Å². The molecule has 1 amide bonds. The lowest BCUT2D eigenvalue weighted by Crippen LogP contribution is -2.34. The van der Waals surface area contributed by atoms with Gasteiger partial charge in [-0.2, -0.15) is 5.10 Å². The summed E-state index contributed by atoms with van der Waals surface area (Å²) in [5.41, 5.74) is 2.07. The van der Waals surface area contributed by atoms with Crippen LogP contribution in [0.25, 0.3) is 0 Å². The summed E-state index contributed by atoms with van der Waals surface area (Å²) < 4.78 is 6.45. The number of carbonyl (C=O) groups excluding carboxylic acids is 1. The average molecular weight is 348 g/mol. The van der Waals surface area contributed by atoms with Gasteiger partial charge in [-0.05, 0) is 49.9 Å². The third-order valence-corrected chi connectivity index (χ3v) is 4.38. The molecule has 3 rings (SSSR count). The maximum Gasteiger partial charge on any atom is 0.267 e. The Labute approximate surface area is 144 Å². The van der Waals surface area contributed by atoms with E-state index in [-0.39, 0.29) is 11.5 Å². The molecule has 1 aromatic heterocycles. The minimum absolute atomic E-state index is 0.267. The van der Waals surface area contributed by atoms with Crippen LogP contribution in [-0.2, 0) is 17.6 Å². The van der Waals surface area contributed by atoms with E-state index in [2.05, 4.69) is 10.4 Å². The number of nitrogens with one attached hydrogen (secondary N) is 1. The van der Waals surface area contributed by atoms with Crippen LogP contribution in [0.1, 0.15) is 30.6 Å². The molecule has 1 atom stereocenters. The molecule has 1 aliphatic rings. The summed E-state index contributed by atoms with van der Waals surface area (Å²) in [6.07, 6.45) is 2.71. The van der Waals surface area contributed by atoms with E-state index in [0.717, 1.165) is 30.5 Å². The Hall–Kier alpha value is -2.34. The topological polar surface area (TPSA) is 73.2 Å². The van der Waals surface area contributed by atoms with E-state index in [4.69, 9.17) is 16.3 Å². The van der Waals surface area contributed by atoms with Crippen molar-refractivity contribution in [3.05, 3.63) is 50.9 Å². The minimum Gasteiger partial charge on any atom is -0.495 e. The molecule has 0 saturated heterocycles. The molecule has 0 radical (unpaired) electrons. The summed E-state index contributed by atoms with van der Waals surface area (Å²) in [6.45, 7) is 1.64. The van der Waals surface area contributed by atoms with Crippen molar-refractivity contribution in [2.24, 2.45) is 0 Å². The fraction of sp³-hybridized carbons (Fsp3) is 0.353. The average Bonchev–Trinajstić information content (AvgIpc) is 3.00. The van der Waals surface area contributed by atoms with Crippen LogP contribution in [0.5, 0.6) is 5.75 Å². The van der Waals surface area contributed by atoms with Gasteiger partial charge in [0.05, 0.1) is 18.5 Å². The summed E-state index contributed by atoms with van der Waals surface area (Å²) >= 11 is 5.97. The number of ether oxygens (including phenoxy) is 1. The van der Waals surface area contributed by atoms with Crippen LogP contribution in [0, 0.1) is 0 Å². The molecule has 0 spiro atoms. The van der Waals surface area contributed by atoms with Crippen LogP contribution in [0.15, 0.2) is 29.1 Å². The third kappa shape index (κ3) is 3.14. The maximum absolute atomic E-state index is 12.5. The number of benzene rings is 1. The van der Waals surface area contributed by atoms with E-state index >= 15 is 0 Å². The van der Waals surface area contributed by atoms with Crippen LogP contribution in [-0.4, -0.2) is 22.8 Å². The highest BCUT2D eigenvalue weighted by Crippen LogP contribution is 2.28. The first-order chi connectivity index (χ1) is 11.5. The number of carbonyl (C=O) groups is 1. The lowest BCUT2D eigenvalue weighted by Gasteiger charge is -2.16. The van der Waals surface area contributed by atoms with Gasteiger partial charge in [-0.1, -0.05) is 11.6 Å². The number of aryl methyl sites for hydroxylation is 2. The maximum atomic E-state index is 12.5. The van der Waals surface area contributed by atoms with Crippen LogP contribution >= 0.6 is 11.6 Å². The number of anilines is 1. The summed E-state index contributed by atoms with van der Waals surface area (Å²) in [5, 5.41) is 7.59. The van der Waals surface area contributed by atoms with Gasteiger partial charge in [0.25, 0.3) is 5.56 Å². The van der Waals surface area contributed by atoms with Crippen molar-refractivity contribution in [2.75, 3.05) is 12.4 Å². The van der Waals surface area contributed by atoms with E-state index in [9.17, 15) is 9.59 Å². The summed E-state index contributed by atoms with van der Waals surface area (Å²) in [6, 6.07) is 5.78. The molecular formula is C17H18ClN3O3. The third-order valence-electron chi connectivity index (χ3n) is 4.15. The Morgan fingerprint density at radius 2 is 2.17 bits per heavy atom.